The quantitative estimate of drug-likeness (QED) is 0.826. The largest absolute Gasteiger partial charge is 0.326 e. The summed E-state index contributed by atoms with van der Waals surface area (Å²) in [6.07, 6.45) is 1.16. The Kier molecular flexibility index (Phi) is 5.55. The lowest BCUT2D eigenvalue weighted by Crippen LogP contribution is -2.43. The number of halogens is 2. The van der Waals surface area contributed by atoms with Crippen LogP contribution in [0.5, 0.6) is 0 Å². The van der Waals surface area contributed by atoms with Gasteiger partial charge in [0.1, 0.15) is 5.82 Å². The fourth-order valence-corrected chi connectivity index (χ4v) is 3.48. The van der Waals surface area contributed by atoms with Gasteiger partial charge in [0.2, 0.25) is 5.91 Å². The molecule has 0 radical (unpaired) electrons. The highest BCUT2D eigenvalue weighted by molar-refractivity contribution is 7.14. The van der Waals surface area contributed by atoms with Crippen LogP contribution in [0.3, 0.4) is 0 Å². The predicted molar refractivity (Wildman–Crippen MR) is 97.7 cm³/mol. The minimum atomic E-state index is -0.523. The molecule has 1 aliphatic rings. The standard InChI is InChI=1S/C17H17ClFN3O2S/c18-13-10-12(3-4-14(13)19)20-16(23)11-5-7-22(8-6-11)17(24)21-15-2-1-9-25-15/h1-4,9-11H,5-8H2,(H,20,23)(H,21,24). The maximum atomic E-state index is 13.2. The molecule has 8 heteroatoms. The van der Waals surface area contributed by atoms with E-state index in [0.29, 0.717) is 31.6 Å². The molecule has 1 fully saturated rings. The average molecular weight is 382 g/mol. The molecule has 132 valence electrons. The SMILES string of the molecule is O=C(Nc1ccc(F)c(Cl)c1)C1CCN(C(=O)Nc2cccs2)CC1. The van der Waals surface area contributed by atoms with Crippen LogP contribution in [0, 0.1) is 11.7 Å². The van der Waals surface area contributed by atoms with Gasteiger partial charge in [-0.3, -0.25) is 10.1 Å². The van der Waals surface area contributed by atoms with Crippen molar-refractivity contribution in [2.24, 2.45) is 5.92 Å². The van der Waals surface area contributed by atoms with E-state index in [2.05, 4.69) is 10.6 Å². The van der Waals surface area contributed by atoms with E-state index in [1.54, 1.807) is 4.90 Å². The zero-order chi connectivity index (χ0) is 17.8. The van der Waals surface area contributed by atoms with Crippen LogP contribution in [0.1, 0.15) is 12.8 Å². The highest BCUT2D eigenvalue weighted by atomic mass is 35.5. The molecule has 0 bridgehead atoms. The summed E-state index contributed by atoms with van der Waals surface area (Å²) in [4.78, 5) is 26.2. The zero-order valence-corrected chi connectivity index (χ0v) is 14.9. The van der Waals surface area contributed by atoms with Crippen LogP contribution in [-0.4, -0.2) is 29.9 Å². The molecule has 3 rings (SSSR count). The summed E-state index contributed by atoms with van der Waals surface area (Å²) in [5, 5.41) is 8.27. The van der Waals surface area contributed by atoms with E-state index >= 15 is 0 Å². The molecule has 0 saturated carbocycles. The van der Waals surface area contributed by atoms with Gasteiger partial charge >= 0.3 is 6.03 Å². The van der Waals surface area contributed by atoms with Crippen molar-refractivity contribution < 1.29 is 14.0 Å². The summed E-state index contributed by atoms with van der Waals surface area (Å²) in [6, 6.07) is 7.65. The monoisotopic (exact) mass is 381 g/mol. The highest BCUT2D eigenvalue weighted by Gasteiger charge is 2.27. The van der Waals surface area contributed by atoms with Gasteiger partial charge in [-0.25, -0.2) is 9.18 Å². The van der Waals surface area contributed by atoms with E-state index in [1.165, 1.54) is 29.5 Å². The molecule has 1 aromatic heterocycles. The number of thiophene rings is 1. The van der Waals surface area contributed by atoms with Gasteiger partial charge in [-0.1, -0.05) is 11.6 Å². The van der Waals surface area contributed by atoms with Crippen molar-refractivity contribution >= 4 is 45.6 Å². The maximum absolute atomic E-state index is 13.2. The Morgan fingerprint density at radius 1 is 1.20 bits per heavy atom. The zero-order valence-electron chi connectivity index (χ0n) is 13.3. The Morgan fingerprint density at radius 2 is 1.96 bits per heavy atom. The molecule has 0 atom stereocenters. The predicted octanol–water partition coefficient (Wildman–Crippen LogP) is 4.42. The number of piperidine rings is 1. The minimum absolute atomic E-state index is 0.0298. The number of likely N-dealkylation sites (tertiary alicyclic amines) is 1. The Labute approximate surface area is 153 Å². The van der Waals surface area contributed by atoms with Crippen LogP contribution in [0.15, 0.2) is 35.7 Å². The van der Waals surface area contributed by atoms with Gasteiger partial charge in [-0.15, -0.1) is 11.3 Å². The molecule has 25 heavy (non-hydrogen) atoms. The first kappa shape index (κ1) is 17.7. The van der Waals surface area contributed by atoms with E-state index in [-0.39, 0.29) is 22.9 Å². The van der Waals surface area contributed by atoms with Crippen LogP contribution in [-0.2, 0) is 4.79 Å². The molecule has 2 heterocycles. The van der Waals surface area contributed by atoms with Gasteiger partial charge in [-0.2, -0.15) is 0 Å². The van der Waals surface area contributed by atoms with Crippen molar-refractivity contribution in [2.75, 3.05) is 23.7 Å². The average Bonchev–Trinajstić information content (AvgIpc) is 3.11. The molecule has 2 N–H and O–H groups in total. The second-order valence-electron chi connectivity index (χ2n) is 5.79. The van der Waals surface area contributed by atoms with Gasteiger partial charge in [0.15, 0.2) is 0 Å². The number of nitrogens with zero attached hydrogens (tertiary/aromatic N) is 1. The number of carbonyl (C=O) groups is 2. The number of amides is 3. The van der Waals surface area contributed by atoms with E-state index in [1.807, 2.05) is 17.5 Å². The van der Waals surface area contributed by atoms with Gasteiger partial charge in [0.25, 0.3) is 0 Å². The van der Waals surface area contributed by atoms with Gasteiger partial charge < -0.3 is 10.2 Å². The first-order valence-electron chi connectivity index (χ1n) is 7.88. The number of nitrogens with one attached hydrogen (secondary N) is 2. The molecule has 1 saturated heterocycles. The first-order valence-corrected chi connectivity index (χ1v) is 9.14. The van der Waals surface area contributed by atoms with Gasteiger partial charge in [0.05, 0.1) is 10.0 Å². The topological polar surface area (TPSA) is 61.4 Å². The number of benzene rings is 1. The number of rotatable bonds is 3. The van der Waals surface area contributed by atoms with Crippen molar-refractivity contribution in [3.8, 4) is 0 Å². The van der Waals surface area contributed by atoms with Crippen LogP contribution in [0.25, 0.3) is 0 Å². The number of anilines is 2. The Balaban J connectivity index is 1.50. The summed E-state index contributed by atoms with van der Waals surface area (Å²) < 4.78 is 13.2. The molecule has 5 nitrogen and oxygen atoms in total. The third-order valence-electron chi connectivity index (χ3n) is 4.09. The smallest absolute Gasteiger partial charge is 0.322 e. The van der Waals surface area contributed by atoms with Crippen LogP contribution < -0.4 is 10.6 Å². The third kappa shape index (κ3) is 4.49. The molecular formula is C17H17ClFN3O2S. The third-order valence-corrected chi connectivity index (χ3v) is 5.17. The lowest BCUT2D eigenvalue weighted by Gasteiger charge is -2.31. The summed E-state index contributed by atoms with van der Waals surface area (Å²) in [5.41, 5.74) is 0.467. The maximum Gasteiger partial charge on any atom is 0.322 e. The molecule has 2 aromatic rings. The van der Waals surface area contributed by atoms with E-state index in [9.17, 15) is 14.0 Å². The van der Waals surface area contributed by atoms with E-state index in [4.69, 9.17) is 11.6 Å². The molecule has 0 aliphatic carbocycles. The summed E-state index contributed by atoms with van der Waals surface area (Å²) in [7, 11) is 0. The molecule has 3 amide bonds. The Morgan fingerprint density at radius 3 is 2.60 bits per heavy atom. The highest BCUT2D eigenvalue weighted by Crippen LogP contribution is 2.23. The molecule has 0 unspecified atom stereocenters. The summed E-state index contributed by atoms with van der Waals surface area (Å²) >= 11 is 7.18. The molecule has 0 spiro atoms. The summed E-state index contributed by atoms with van der Waals surface area (Å²) in [6.45, 7) is 1.03. The van der Waals surface area contributed by atoms with Crippen molar-refractivity contribution in [1.29, 1.82) is 0 Å². The number of hydrogen-bond donors (Lipinski definition) is 2. The second-order valence-corrected chi connectivity index (χ2v) is 7.14. The lowest BCUT2D eigenvalue weighted by molar-refractivity contribution is -0.121. The Hall–Kier alpha value is -2.12. The fraction of sp³-hybridized carbons (Fsp3) is 0.294. The van der Waals surface area contributed by atoms with Crippen molar-refractivity contribution in [3.63, 3.8) is 0 Å². The lowest BCUT2D eigenvalue weighted by atomic mass is 9.96. The van der Waals surface area contributed by atoms with Gasteiger partial charge in [-0.05, 0) is 48.6 Å². The van der Waals surface area contributed by atoms with E-state index < -0.39 is 5.82 Å². The van der Waals surface area contributed by atoms with Crippen LogP contribution >= 0.6 is 22.9 Å². The van der Waals surface area contributed by atoms with Crippen molar-refractivity contribution in [3.05, 3.63) is 46.6 Å². The molecule has 1 aliphatic heterocycles. The normalized spacial score (nSPS) is 15.0. The van der Waals surface area contributed by atoms with Crippen molar-refractivity contribution in [2.45, 2.75) is 12.8 Å². The number of urea groups is 1. The minimum Gasteiger partial charge on any atom is -0.326 e. The second kappa shape index (κ2) is 7.84. The molecule has 1 aromatic carbocycles. The summed E-state index contributed by atoms with van der Waals surface area (Å²) in [5.74, 6) is -0.847. The fourth-order valence-electron chi connectivity index (χ4n) is 2.70. The molecular weight excluding hydrogens is 365 g/mol. The van der Waals surface area contributed by atoms with Crippen molar-refractivity contribution in [1.82, 2.24) is 4.90 Å². The number of carbonyl (C=O) groups excluding carboxylic acids is 2. The van der Waals surface area contributed by atoms with Crippen LogP contribution in [0.4, 0.5) is 19.9 Å². The Bertz CT molecular complexity index is 761. The van der Waals surface area contributed by atoms with Gasteiger partial charge in [0, 0.05) is 24.7 Å². The number of hydrogen-bond acceptors (Lipinski definition) is 3. The van der Waals surface area contributed by atoms with Crippen LogP contribution in [0.2, 0.25) is 5.02 Å². The van der Waals surface area contributed by atoms with E-state index in [0.717, 1.165) is 5.00 Å². The first-order chi connectivity index (χ1) is 12.0.